The fourth-order valence-electron chi connectivity index (χ4n) is 10.6. The first-order valence-corrected chi connectivity index (χ1v) is 15.9. The van der Waals surface area contributed by atoms with Gasteiger partial charge in [0.2, 0.25) is 0 Å². The van der Waals surface area contributed by atoms with Crippen LogP contribution in [0.5, 0.6) is 0 Å². The Hall–Kier alpha value is -1.48. The first-order valence-electron chi connectivity index (χ1n) is 15.9. The van der Waals surface area contributed by atoms with Crippen LogP contribution in [0.25, 0.3) is 0 Å². The molecule has 3 nitrogen and oxygen atoms in total. The van der Waals surface area contributed by atoms with Crippen LogP contribution < -0.4 is 11.5 Å². The van der Waals surface area contributed by atoms with Gasteiger partial charge >= 0.3 is 0 Å². The molecule has 212 valence electrons. The summed E-state index contributed by atoms with van der Waals surface area (Å²) in [6, 6.07) is 5.91. The highest BCUT2D eigenvalue weighted by atomic mass is 16.3. The van der Waals surface area contributed by atoms with Crippen molar-refractivity contribution in [1.29, 1.82) is 0 Å². The molecule has 4 aliphatic carbocycles. The molecule has 38 heavy (non-hydrogen) atoms. The molecule has 1 aromatic rings. The van der Waals surface area contributed by atoms with Crippen molar-refractivity contribution in [3.05, 3.63) is 35.4 Å². The van der Waals surface area contributed by atoms with E-state index in [-0.39, 0.29) is 16.9 Å². The molecule has 0 bridgehead atoms. The lowest BCUT2D eigenvalue weighted by molar-refractivity contribution is -0.0814. The molecule has 0 aromatic heterocycles. The lowest BCUT2D eigenvalue weighted by Gasteiger charge is -2.62. The van der Waals surface area contributed by atoms with Gasteiger partial charge in [-0.25, -0.2) is 0 Å². The monoisotopic (exact) mass is 520 g/mol. The molecule has 5 N–H and O–H groups in total. The highest BCUT2D eigenvalue weighted by Crippen LogP contribution is 2.69. The van der Waals surface area contributed by atoms with Crippen LogP contribution in [0.4, 0.5) is 11.4 Å². The summed E-state index contributed by atoms with van der Waals surface area (Å²) in [5.41, 5.74) is 17.0. The summed E-state index contributed by atoms with van der Waals surface area (Å²) >= 11 is 0. The van der Waals surface area contributed by atoms with E-state index in [1.165, 1.54) is 56.9 Å². The number of hydrogen-bond donors (Lipinski definition) is 3. The predicted octanol–water partition coefficient (Wildman–Crippen LogP) is 8.41. The van der Waals surface area contributed by atoms with Gasteiger partial charge in [0.1, 0.15) is 0 Å². The van der Waals surface area contributed by atoms with Crippen LogP contribution in [0.1, 0.15) is 111 Å². The van der Waals surface area contributed by atoms with Gasteiger partial charge in [-0.3, -0.25) is 0 Å². The van der Waals surface area contributed by atoms with Crippen molar-refractivity contribution in [2.45, 2.75) is 118 Å². The second-order valence-corrected chi connectivity index (χ2v) is 15.3. The van der Waals surface area contributed by atoms with E-state index in [0.717, 1.165) is 66.0 Å². The minimum Gasteiger partial charge on any atom is -0.399 e. The Kier molecular flexibility index (Phi) is 7.51. The molecule has 3 fully saturated rings. The van der Waals surface area contributed by atoms with E-state index in [1.807, 2.05) is 12.1 Å². The average molecular weight is 521 g/mol. The molecular weight excluding hydrogens is 464 g/mol. The number of aliphatic hydroxyl groups is 1. The van der Waals surface area contributed by atoms with Gasteiger partial charge in [-0.15, -0.1) is 0 Å². The molecule has 0 radical (unpaired) electrons. The first-order chi connectivity index (χ1) is 17.9. The third-order valence-corrected chi connectivity index (χ3v) is 12.7. The van der Waals surface area contributed by atoms with E-state index in [4.69, 9.17) is 11.5 Å². The van der Waals surface area contributed by atoms with Crippen molar-refractivity contribution in [3.63, 3.8) is 0 Å². The first kappa shape index (κ1) is 28.1. The number of aliphatic hydroxyl groups excluding tert-OH is 1. The lowest BCUT2D eigenvalue weighted by atomic mass is 9.43. The van der Waals surface area contributed by atoms with E-state index in [9.17, 15) is 5.11 Å². The predicted molar refractivity (Wildman–Crippen MR) is 162 cm³/mol. The molecule has 0 saturated heterocycles. The normalized spacial score (nSPS) is 41.3. The number of anilines is 2. The van der Waals surface area contributed by atoms with Crippen LogP contribution in [0.15, 0.2) is 29.8 Å². The number of benzene rings is 1. The largest absolute Gasteiger partial charge is 0.399 e. The summed E-state index contributed by atoms with van der Waals surface area (Å²) in [5.74, 6) is 4.97. The van der Waals surface area contributed by atoms with Gasteiger partial charge in [-0.2, -0.15) is 0 Å². The van der Waals surface area contributed by atoms with Gasteiger partial charge in [-0.1, -0.05) is 78.5 Å². The minimum atomic E-state index is -0.327. The van der Waals surface area contributed by atoms with Crippen molar-refractivity contribution in [2.24, 2.45) is 51.8 Å². The second kappa shape index (κ2) is 10.2. The van der Waals surface area contributed by atoms with Crippen LogP contribution in [0.2, 0.25) is 0 Å². The van der Waals surface area contributed by atoms with Gasteiger partial charge in [0.25, 0.3) is 0 Å². The Bertz CT molecular complexity index is 1050. The van der Waals surface area contributed by atoms with E-state index in [2.05, 4.69) is 53.7 Å². The summed E-state index contributed by atoms with van der Waals surface area (Å²) in [4.78, 5) is 0. The molecule has 9 unspecified atom stereocenters. The van der Waals surface area contributed by atoms with E-state index in [0.29, 0.717) is 11.1 Å². The fraction of sp³-hybridized carbons (Fsp3) is 0.771. The molecule has 9 atom stereocenters. The fourth-order valence-corrected chi connectivity index (χ4v) is 10.6. The van der Waals surface area contributed by atoms with Crippen molar-refractivity contribution in [1.82, 2.24) is 0 Å². The van der Waals surface area contributed by atoms with Gasteiger partial charge in [0.15, 0.2) is 0 Å². The summed E-state index contributed by atoms with van der Waals surface area (Å²) in [6.45, 7) is 14.9. The van der Waals surface area contributed by atoms with Gasteiger partial charge in [-0.05, 0) is 115 Å². The minimum absolute atomic E-state index is 0.182. The average Bonchev–Trinajstić information content (AvgIpc) is 3.21. The van der Waals surface area contributed by atoms with Crippen LogP contribution in [0, 0.1) is 51.8 Å². The maximum atomic E-state index is 11.5. The number of nitrogen functional groups attached to an aromatic ring is 2. The Balaban J connectivity index is 1.40. The van der Waals surface area contributed by atoms with Crippen LogP contribution in [-0.4, -0.2) is 11.2 Å². The molecule has 4 aliphatic rings. The molecule has 0 aliphatic heterocycles. The summed E-state index contributed by atoms with van der Waals surface area (Å²) in [5, 5.41) is 11.5. The van der Waals surface area contributed by atoms with E-state index in [1.54, 1.807) is 0 Å². The van der Waals surface area contributed by atoms with Gasteiger partial charge < -0.3 is 16.6 Å². The summed E-state index contributed by atoms with van der Waals surface area (Å²) in [6.07, 6.45) is 16.1. The van der Waals surface area contributed by atoms with Crippen molar-refractivity contribution >= 4 is 11.4 Å². The molecule has 1 aromatic carbocycles. The Morgan fingerprint density at radius 2 is 1.71 bits per heavy atom. The van der Waals surface area contributed by atoms with Crippen molar-refractivity contribution in [3.8, 4) is 0 Å². The lowest BCUT2D eigenvalue weighted by Crippen LogP contribution is -2.55. The van der Waals surface area contributed by atoms with Crippen molar-refractivity contribution < 1.29 is 5.11 Å². The highest BCUT2D eigenvalue weighted by molar-refractivity contribution is 5.57. The third-order valence-electron chi connectivity index (χ3n) is 12.7. The Labute approximate surface area is 233 Å². The molecule has 0 heterocycles. The van der Waals surface area contributed by atoms with Gasteiger partial charge in [0.05, 0.1) is 6.10 Å². The quantitative estimate of drug-likeness (QED) is 0.249. The third kappa shape index (κ3) is 4.53. The zero-order chi connectivity index (χ0) is 27.5. The molecule has 5 rings (SSSR count). The molecule has 3 saturated carbocycles. The smallest absolute Gasteiger partial charge is 0.0634 e. The van der Waals surface area contributed by atoms with Crippen LogP contribution in [0.3, 0.4) is 0 Å². The maximum Gasteiger partial charge on any atom is 0.0634 e. The molecule has 0 spiro atoms. The Morgan fingerprint density at radius 3 is 2.42 bits per heavy atom. The van der Waals surface area contributed by atoms with Crippen LogP contribution >= 0.6 is 0 Å². The standard InChI is InChI=1S/C35H56N2O/c1-22(2)8-7-9-23(3)27-13-14-28-26-12-15-31-34(5,29(26)16-18-33(27,28)4)19-17-32(38)35(31,6)21-24-10-11-25(36)20-30(24)37/h10-11,15,20,22-23,26-29,32,38H,7-9,12-14,16-19,21,36-37H2,1-6H3. The Morgan fingerprint density at radius 1 is 0.947 bits per heavy atom. The number of rotatable bonds is 7. The second-order valence-electron chi connectivity index (χ2n) is 15.3. The topological polar surface area (TPSA) is 72.3 Å². The summed E-state index contributed by atoms with van der Waals surface area (Å²) < 4.78 is 0. The number of nitrogens with two attached hydrogens (primary N) is 2. The molecule has 0 amide bonds. The maximum absolute atomic E-state index is 11.5. The summed E-state index contributed by atoms with van der Waals surface area (Å²) in [7, 11) is 0. The highest BCUT2D eigenvalue weighted by Gasteiger charge is 2.61. The number of hydrogen-bond acceptors (Lipinski definition) is 3. The molecule has 3 heteroatoms. The zero-order valence-electron chi connectivity index (χ0n) is 25.2. The van der Waals surface area contributed by atoms with Gasteiger partial charge in [0, 0.05) is 16.8 Å². The SMILES string of the molecule is CC(C)CCCC(C)C1CCC2C3CC=C4C(C)(Cc5ccc(N)cc5N)C(O)CCC4(C)C3CCC12C. The van der Waals surface area contributed by atoms with E-state index >= 15 is 0 Å². The molecular formula is C35H56N2O. The van der Waals surface area contributed by atoms with Crippen molar-refractivity contribution in [2.75, 3.05) is 11.5 Å². The van der Waals surface area contributed by atoms with Crippen LogP contribution in [-0.2, 0) is 6.42 Å². The zero-order valence-corrected chi connectivity index (χ0v) is 25.2. The van der Waals surface area contributed by atoms with E-state index < -0.39 is 0 Å². The number of fused-ring (bicyclic) bond motifs is 5. The number of allylic oxidation sites excluding steroid dienone is 1.